The molecule has 156 valence electrons. The van der Waals surface area contributed by atoms with Crippen LogP contribution in [0.25, 0.3) is 10.9 Å². The van der Waals surface area contributed by atoms with Gasteiger partial charge in [-0.25, -0.2) is 0 Å². The van der Waals surface area contributed by atoms with E-state index in [0.29, 0.717) is 12.3 Å². The number of carbonyl (C=O) groups excluding carboxylic acids is 1. The zero-order chi connectivity index (χ0) is 20.9. The highest BCUT2D eigenvalue weighted by Crippen LogP contribution is 2.28. The third-order valence-electron chi connectivity index (χ3n) is 4.38. The Morgan fingerprint density at radius 1 is 1.29 bits per heavy atom. The van der Waals surface area contributed by atoms with Crippen molar-refractivity contribution in [3.8, 4) is 5.75 Å². The number of carbonyl (C=O) groups is 1. The molecule has 0 aliphatic rings. The number of aromatic amines is 1. The second-order valence-electron chi connectivity index (χ2n) is 8.42. The standard InChI is InChI=1S/C21H32N2O4S/c1-20(2,3)19(25)27-12-14-9-17-16(7-8-22-17)18(10-14)26-13-15(24)11-23-21(4,5)28-6/h7-10,15,22-24H,11-13H2,1-6H3. The van der Waals surface area contributed by atoms with Gasteiger partial charge in [0, 0.05) is 23.6 Å². The molecule has 0 bridgehead atoms. The topological polar surface area (TPSA) is 83.6 Å². The van der Waals surface area contributed by atoms with Crippen LogP contribution in [-0.2, 0) is 16.1 Å². The van der Waals surface area contributed by atoms with Crippen LogP contribution in [0.15, 0.2) is 24.4 Å². The van der Waals surface area contributed by atoms with Crippen LogP contribution in [0.1, 0.15) is 40.2 Å². The average Bonchev–Trinajstić information content (AvgIpc) is 3.10. The Labute approximate surface area is 171 Å². The average molecular weight is 409 g/mol. The van der Waals surface area contributed by atoms with Crippen LogP contribution in [0.3, 0.4) is 0 Å². The molecule has 0 aliphatic heterocycles. The fraction of sp³-hybridized carbons (Fsp3) is 0.571. The number of aromatic nitrogens is 1. The summed E-state index contributed by atoms with van der Waals surface area (Å²) >= 11 is 1.69. The Morgan fingerprint density at radius 2 is 2.00 bits per heavy atom. The Bertz CT molecular complexity index is 795. The van der Waals surface area contributed by atoms with Gasteiger partial charge in [-0.3, -0.25) is 4.79 Å². The van der Waals surface area contributed by atoms with Gasteiger partial charge in [-0.2, -0.15) is 0 Å². The molecule has 0 saturated heterocycles. The molecule has 3 N–H and O–H groups in total. The van der Waals surface area contributed by atoms with Gasteiger partial charge in [-0.05, 0) is 64.6 Å². The second-order valence-corrected chi connectivity index (χ2v) is 9.85. The number of nitrogens with one attached hydrogen (secondary N) is 2. The van der Waals surface area contributed by atoms with Gasteiger partial charge in [0.15, 0.2) is 0 Å². The van der Waals surface area contributed by atoms with E-state index in [0.717, 1.165) is 16.5 Å². The maximum Gasteiger partial charge on any atom is 0.311 e. The number of rotatable bonds is 9. The van der Waals surface area contributed by atoms with Gasteiger partial charge in [-0.15, -0.1) is 11.8 Å². The Balaban J connectivity index is 2.03. The van der Waals surface area contributed by atoms with E-state index in [2.05, 4.69) is 24.1 Å². The molecule has 0 aliphatic carbocycles. The zero-order valence-electron chi connectivity index (χ0n) is 17.6. The van der Waals surface area contributed by atoms with E-state index in [4.69, 9.17) is 9.47 Å². The van der Waals surface area contributed by atoms with Crippen LogP contribution in [-0.4, -0.2) is 46.4 Å². The molecule has 0 radical (unpaired) electrons. The van der Waals surface area contributed by atoms with E-state index in [-0.39, 0.29) is 24.1 Å². The summed E-state index contributed by atoms with van der Waals surface area (Å²) in [6, 6.07) is 5.73. The lowest BCUT2D eigenvalue weighted by Crippen LogP contribution is -2.42. The summed E-state index contributed by atoms with van der Waals surface area (Å²) in [6.07, 6.45) is 3.22. The molecular weight excluding hydrogens is 376 g/mol. The molecule has 0 fully saturated rings. The molecule has 0 saturated carbocycles. The van der Waals surface area contributed by atoms with Gasteiger partial charge in [0.2, 0.25) is 0 Å². The normalized spacial score (nSPS) is 13.5. The first-order chi connectivity index (χ1) is 13.0. The number of esters is 1. The summed E-state index contributed by atoms with van der Waals surface area (Å²) in [5.74, 6) is 0.406. The van der Waals surface area contributed by atoms with E-state index in [9.17, 15) is 9.90 Å². The second kappa shape index (κ2) is 9.20. The van der Waals surface area contributed by atoms with E-state index in [1.54, 1.807) is 11.8 Å². The Morgan fingerprint density at radius 3 is 2.64 bits per heavy atom. The van der Waals surface area contributed by atoms with E-state index < -0.39 is 11.5 Å². The van der Waals surface area contributed by atoms with Crippen LogP contribution in [0, 0.1) is 5.41 Å². The number of aliphatic hydroxyl groups excluding tert-OH is 1. The zero-order valence-corrected chi connectivity index (χ0v) is 18.4. The predicted molar refractivity (Wildman–Crippen MR) is 115 cm³/mol. The van der Waals surface area contributed by atoms with Crippen LogP contribution in [0.2, 0.25) is 0 Å². The minimum absolute atomic E-state index is 0.105. The van der Waals surface area contributed by atoms with Gasteiger partial charge >= 0.3 is 5.97 Å². The van der Waals surface area contributed by atoms with Crippen molar-refractivity contribution in [1.82, 2.24) is 10.3 Å². The van der Waals surface area contributed by atoms with Crippen molar-refractivity contribution in [1.29, 1.82) is 0 Å². The number of benzene rings is 1. The van der Waals surface area contributed by atoms with Crippen molar-refractivity contribution >= 4 is 28.6 Å². The lowest BCUT2D eigenvalue weighted by Gasteiger charge is -2.25. The molecular formula is C21H32N2O4S. The molecule has 1 unspecified atom stereocenters. The van der Waals surface area contributed by atoms with Crippen LogP contribution < -0.4 is 10.1 Å². The van der Waals surface area contributed by atoms with Gasteiger partial charge in [-0.1, -0.05) is 0 Å². The monoisotopic (exact) mass is 408 g/mol. The van der Waals surface area contributed by atoms with Gasteiger partial charge in [0.25, 0.3) is 0 Å². The van der Waals surface area contributed by atoms with Crippen molar-refractivity contribution in [3.63, 3.8) is 0 Å². The molecule has 6 nitrogen and oxygen atoms in total. The van der Waals surface area contributed by atoms with Crippen molar-refractivity contribution in [2.75, 3.05) is 19.4 Å². The number of thioether (sulfide) groups is 1. The fourth-order valence-corrected chi connectivity index (χ4v) is 2.67. The van der Waals surface area contributed by atoms with Crippen molar-refractivity contribution in [2.45, 2.75) is 52.2 Å². The summed E-state index contributed by atoms with van der Waals surface area (Å²) in [5, 5.41) is 14.5. The molecule has 1 heterocycles. The van der Waals surface area contributed by atoms with Gasteiger partial charge in [0.1, 0.15) is 25.1 Å². The number of fused-ring (bicyclic) bond motifs is 1. The summed E-state index contributed by atoms with van der Waals surface area (Å²) in [5.41, 5.74) is 1.19. The van der Waals surface area contributed by atoms with Gasteiger partial charge < -0.3 is 24.9 Å². The predicted octanol–water partition coefficient (Wildman–Crippen LogP) is 3.69. The summed E-state index contributed by atoms with van der Waals surface area (Å²) in [4.78, 5) is 15.1. The van der Waals surface area contributed by atoms with E-state index >= 15 is 0 Å². The number of ether oxygens (including phenoxy) is 2. The largest absolute Gasteiger partial charge is 0.490 e. The number of hydrogen-bond acceptors (Lipinski definition) is 6. The summed E-state index contributed by atoms with van der Waals surface area (Å²) in [7, 11) is 0. The Hall–Kier alpha value is -1.70. The molecule has 2 aromatic rings. The Kier molecular flexibility index (Phi) is 7.42. The number of hydrogen-bond donors (Lipinski definition) is 3. The van der Waals surface area contributed by atoms with E-state index in [1.165, 1.54) is 0 Å². The van der Waals surface area contributed by atoms with E-state index in [1.807, 2.05) is 51.4 Å². The molecule has 1 aromatic carbocycles. The smallest absolute Gasteiger partial charge is 0.311 e. The SMILES string of the molecule is CSC(C)(C)NCC(O)COc1cc(COC(=O)C(C)(C)C)cc2[nH]ccc12. The molecule has 7 heteroatoms. The highest BCUT2D eigenvalue weighted by atomic mass is 32.2. The quantitative estimate of drug-likeness (QED) is 0.434. The maximum atomic E-state index is 12.0. The van der Waals surface area contributed by atoms with Crippen LogP contribution in [0.5, 0.6) is 5.75 Å². The van der Waals surface area contributed by atoms with Gasteiger partial charge in [0.05, 0.1) is 10.3 Å². The third-order valence-corrected chi connectivity index (χ3v) is 5.54. The first-order valence-corrected chi connectivity index (χ1v) is 10.6. The highest BCUT2D eigenvalue weighted by Gasteiger charge is 2.23. The highest BCUT2D eigenvalue weighted by molar-refractivity contribution is 7.99. The summed E-state index contributed by atoms with van der Waals surface area (Å²) in [6.45, 7) is 10.4. The lowest BCUT2D eigenvalue weighted by molar-refractivity contribution is -0.154. The third kappa shape index (κ3) is 6.43. The van der Waals surface area contributed by atoms with Crippen LogP contribution in [0.4, 0.5) is 0 Å². The molecule has 1 atom stereocenters. The molecule has 1 aromatic heterocycles. The van der Waals surface area contributed by atoms with Crippen LogP contribution >= 0.6 is 11.8 Å². The number of H-pyrrole nitrogens is 1. The molecule has 2 rings (SSSR count). The minimum atomic E-state index is -0.636. The fourth-order valence-electron chi connectivity index (χ4n) is 2.44. The maximum absolute atomic E-state index is 12.0. The molecule has 0 amide bonds. The lowest BCUT2D eigenvalue weighted by atomic mass is 9.97. The summed E-state index contributed by atoms with van der Waals surface area (Å²) < 4.78 is 11.3. The molecule has 28 heavy (non-hydrogen) atoms. The minimum Gasteiger partial charge on any atom is -0.490 e. The first kappa shape index (κ1) is 22.6. The van der Waals surface area contributed by atoms with Crippen molar-refractivity contribution in [3.05, 3.63) is 30.0 Å². The number of aliphatic hydroxyl groups is 1. The first-order valence-electron chi connectivity index (χ1n) is 9.40. The van der Waals surface area contributed by atoms with Crippen molar-refractivity contribution < 1.29 is 19.4 Å². The van der Waals surface area contributed by atoms with Crippen molar-refractivity contribution in [2.24, 2.45) is 5.41 Å². The molecule has 0 spiro atoms.